The first-order chi connectivity index (χ1) is 16.0. The maximum absolute atomic E-state index is 14.0. The summed E-state index contributed by atoms with van der Waals surface area (Å²) in [6.45, 7) is 8.37. The van der Waals surface area contributed by atoms with Crippen LogP contribution in [-0.2, 0) is 6.42 Å². The summed E-state index contributed by atoms with van der Waals surface area (Å²) in [4.78, 5) is 10.9. The second-order valence-electron chi connectivity index (χ2n) is 9.23. The molecule has 1 nitrogen and oxygen atoms in total. The molecule has 0 amide bonds. The molecule has 0 spiro atoms. The van der Waals surface area contributed by atoms with Gasteiger partial charge < -0.3 is 0 Å². The third-order valence-electron chi connectivity index (χ3n) is 6.64. The monoisotopic (exact) mass is 438 g/mol. The SMILES string of the molecule is C=C(/C=C(\C)c1ccc(-c2ccccc2C)c(CCCC2CC2)c1)c1ccc(C=O)c(F)c1. The van der Waals surface area contributed by atoms with Gasteiger partial charge in [-0.05, 0) is 89.3 Å². The smallest absolute Gasteiger partial charge is 0.152 e. The van der Waals surface area contributed by atoms with E-state index in [4.69, 9.17) is 0 Å². The van der Waals surface area contributed by atoms with Crippen LogP contribution in [0.5, 0.6) is 0 Å². The molecule has 0 unspecified atom stereocenters. The molecular formula is C31H31FO. The molecule has 0 N–H and O–H groups in total. The molecule has 2 heteroatoms. The Hall–Kier alpha value is -3.26. The van der Waals surface area contributed by atoms with E-state index in [1.165, 1.54) is 60.1 Å². The van der Waals surface area contributed by atoms with Gasteiger partial charge in [-0.3, -0.25) is 4.79 Å². The quantitative estimate of drug-likeness (QED) is 0.242. The second kappa shape index (κ2) is 10.1. The number of hydrogen-bond donors (Lipinski definition) is 0. The number of hydrogen-bond acceptors (Lipinski definition) is 1. The van der Waals surface area contributed by atoms with Crippen LogP contribution in [-0.4, -0.2) is 6.29 Å². The van der Waals surface area contributed by atoms with Crippen LogP contribution < -0.4 is 0 Å². The molecule has 1 fully saturated rings. The summed E-state index contributed by atoms with van der Waals surface area (Å²) < 4.78 is 14.0. The van der Waals surface area contributed by atoms with Gasteiger partial charge in [-0.25, -0.2) is 4.39 Å². The van der Waals surface area contributed by atoms with Crippen LogP contribution in [0.4, 0.5) is 4.39 Å². The molecule has 0 bridgehead atoms. The summed E-state index contributed by atoms with van der Waals surface area (Å²) in [5.74, 6) is 0.418. The number of aryl methyl sites for hydroxylation is 2. The first-order valence-electron chi connectivity index (χ1n) is 11.8. The molecule has 4 rings (SSSR count). The standard InChI is InChI=1S/C31H31FO/c1-21-7-4-5-10-29(21)30-16-15-25(18-27(30)9-6-8-24-11-12-24)22(2)17-23(3)26-13-14-28(20-33)31(32)19-26/h4-5,7,10,13-20,24H,3,6,8-9,11-12H2,1-2H3/b22-17+. The maximum atomic E-state index is 14.0. The molecule has 1 aliphatic rings. The maximum Gasteiger partial charge on any atom is 0.152 e. The van der Waals surface area contributed by atoms with Crippen molar-refractivity contribution in [1.29, 1.82) is 0 Å². The van der Waals surface area contributed by atoms with Gasteiger partial charge in [0.05, 0.1) is 5.56 Å². The largest absolute Gasteiger partial charge is 0.298 e. The van der Waals surface area contributed by atoms with E-state index in [0.29, 0.717) is 11.8 Å². The molecule has 3 aromatic rings. The van der Waals surface area contributed by atoms with Gasteiger partial charge in [0.2, 0.25) is 0 Å². The number of aldehydes is 1. The van der Waals surface area contributed by atoms with E-state index in [-0.39, 0.29) is 5.56 Å². The lowest BCUT2D eigenvalue weighted by atomic mass is 9.90. The topological polar surface area (TPSA) is 17.1 Å². The van der Waals surface area contributed by atoms with Crippen molar-refractivity contribution in [3.05, 3.63) is 107 Å². The summed E-state index contributed by atoms with van der Waals surface area (Å²) in [6.07, 6.45) is 8.90. The average Bonchev–Trinajstić information content (AvgIpc) is 3.64. The predicted octanol–water partition coefficient (Wildman–Crippen LogP) is 8.46. The molecule has 1 aliphatic carbocycles. The minimum Gasteiger partial charge on any atom is -0.298 e. The van der Waals surface area contributed by atoms with Crippen molar-refractivity contribution in [3.63, 3.8) is 0 Å². The second-order valence-corrected chi connectivity index (χ2v) is 9.23. The number of carbonyl (C=O) groups excluding carboxylic acids is 1. The minimum atomic E-state index is -0.518. The van der Waals surface area contributed by atoms with Gasteiger partial charge in [0.1, 0.15) is 5.82 Å². The molecule has 3 aromatic carbocycles. The first kappa shape index (κ1) is 22.9. The van der Waals surface area contributed by atoms with Gasteiger partial charge in [-0.15, -0.1) is 0 Å². The van der Waals surface area contributed by atoms with E-state index in [1.54, 1.807) is 6.07 Å². The number of benzene rings is 3. The molecule has 33 heavy (non-hydrogen) atoms. The van der Waals surface area contributed by atoms with Crippen LogP contribution in [0.15, 0.2) is 73.3 Å². The fourth-order valence-electron chi connectivity index (χ4n) is 4.42. The number of carbonyl (C=O) groups is 1. The number of allylic oxidation sites excluding steroid dienone is 3. The van der Waals surface area contributed by atoms with Crippen molar-refractivity contribution in [2.75, 3.05) is 0 Å². The molecule has 168 valence electrons. The van der Waals surface area contributed by atoms with E-state index in [9.17, 15) is 9.18 Å². The molecule has 0 saturated heterocycles. The highest BCUT2D eigenvalue weighted by Gasteiger charge is 2.20. The number of halogens is 1. The van der Waals surface area contributed by atoms with Crippen molar-refractivity contribution in [1.82, 2.24) is 0 Å². The summed E-state index contributed by atoms with van der Waals surface area (Å²) in [5, 5.41) is 0. The van der Waals surface area contributed by atoms with Gasteiger partial charge >= 0.3 is 0 Å². The van der Waals surface area contributed by atoms with Gasteiger partial charge in [-0.1, -0.05) is 80.4 Å². The minimum absolute atomic E-state index is 0.0647. The zero-order valence-corrected chi connectivity index (χ0v) is 19.5. The normalized spacial score (nSPS) is 13.7. The van der Waals surface area contributed by atoms with E-state index in [0.717, 1.165) is 29.0 Å². The molecule has 0 aromatic heterocycles. The Morgan fingerprint density at radius 2 is 1.79 bits per heavy atom. The molecule has 0 radical (unpaired) electrons. The Morgan fingerprint density at radius 1 is 1.03 bits per heavy atom. The Balaban J connectivity index is 1.63. The predicted molar refractivity (Wildman–Crippen MR) is 137 cm³/mol. The van der Waals surface area contributed by atoms with Crippen molar-refractivity contribution >= 4 is 17.4 Å². The van der Waals surface area contributed by atoms with Crippen LogP contribution in [0.2, 0.25) is 0 Å². The molecule has 0 atom stereocenters. The summed E-state index contributed by atoms with van der Waals surface area (Å²) in [5.41, 5.74) is 8.97. The fourth-order valence-corrected chi connectivity index (χ4v) is 4.42. The lowest BCUT2D eigenvalue weighted by Gasteiger charge is -2.15. The highest BCUT2D eigenvalue weighted by Crippen LogP contribution is 2.36. The van der Waals surface area contributed by atoms with Crippen LogP contribution in [0, 0.1) is 18.7 Å². The van der Waals surface area contributed by atoms with Gasteiger partial charge in [0, 0.05) is 0 Å². The Kier molecular flexibility index (Phi) is 7.03. The third kappa shape index (κ3) is 5.57. The van der Waals surface area contributed by atoms with Crippen molar-refractivity contribution in [2.24, 2.45) is 5.92 Å². The van der Waals surface area contributed by atoms with Crippen LogP contribution in [0.25, 0.3) is 22.3 Å². The Bertz CT molecular complexity index is 1210. The van der Waals surface area contributed by atoms with Crippen LogP contribution in [0.1, 0.15) is 65.2 Å². The third-order valence-corrected chi connectivity index (χ3v) is 6.64. The summed E-state index contributed by atoms with van der Waals surface area (Å²) in [6, 6.07) is 19.9. The lowest BCUT2D eigenvalue weighted by molar-refractivity contribution is 0.112. The van der Waals surface area contributed by atoms with Gasteiger partial charge in [-0.2, -0.15) is 0 Å². The van der Waals surface area contributed by atoms with Crippen molar-refractivity contribution in [2.45, 2.75) is 46.0 Å². The van der Waals surface area contributed by atoms with E-state index in [1.807, 2.05) is 6.08 Å². The Morgan fingerprint density at radius 3 is 2.48 bits per heavy atom. The molecule has 0 heterocycles. The highest BCUT2D eigenvalue weighted by molar-refractivity contribution is 5.84. The van der Waals surface area contributed by atoms with Crippen molar-refractivity contribution < 1.29 is 9.18 Å². The molecule has 1 saturated carbocycles. The molecule has 0 aliphatic heterocycles. The lowest BCUT2D eigenvalue weighted by Crippen LogP contribution is -1.96. The van der Waals surface area contributed by atoms with Gasteiger partial charge in [0.25, 0.3) is 0 Å². The average molecular weight is 439 g/mol. The highest BCUT2D eigenvalue weighted by atomic mass is 19.1. The van der Waals surface area contributed by atoms with E-state index < -0.39 is 5.82 Å². The van der Waals surface area contributed by atoms with Crippen molar-refractivity contribution in [3.8, 4) is 11.1 Å². The molecular weight excluding hydrogens is 407 g/mol. The Labute approximate surface area is 196 Å². The summed E-state index contributed by atoms with van der Waals surface area (Å²) >= 11 is 0. The van der Waals surface area contributed by atoms with E-state index in [2.05, 4.69) is 62.9 Å². The zero-order chi connectivity index (χ0) is 23.4. The fraction of sp³-hybridized carbons (Fsp3) is 0.258. The van der Waals surface area contributed by atoms with Crippen LogP contribution in [0.3, 0.4) is 0 Å². The van der Waals surface area contributed by atoms with E-state index >= 15 is 0 Å². The number of rotatable bonds is 9. The zero-order valence-electron chi connectivity index (χ0n) is 19.5. The summed E-state index contributed by atoms with van der Waals surface area (Å²) in [7, 11) is 0. The van der Waals surface area contributed by atoms with Crippen LogP contribution >= 0.6 is 0 Å². The first-order valence-corrected chi connectivity index (χ1v) is 11.8. The van der Waals surface area contributed by atoms with Gasteiger partial charge in [0.15, 0.2) is 6.29 Å².